The summed E-state index contributed by atoms with van der Waals surface area (Å²) in [7, 11) is 0. The van der Waals surface area contributed by atoms with E-state index in [9.17, 15) is 0 Å². The summed E-state index contributed by atoms with van der Waals surface area (Å²) >= 11 is 3.48. The number of aliphatic hydroxyl groups excluding tert-OH is 1. The highest BCUT2D eigenvalue weighted by atomic mass is 79.9. The third-order valence-electron chi connectivity index (χ3n) is 2.64. The number of aryl methyl sites for hydroxylation is 1. The molecule has 0 atom stereocenters. The van der Waals surface area contributed by atoms with Gasteiger partial charge in [-0.15, -0.1) is 0 Å². The Morgan fingerprint density at radius 2 is 2.12 bits per heavy atom. The van der Waals surface area contributed by atoms with Crippen LogP contribution in [0.25, 0.3) is 11.1 Å². The number of aromatic nitrogens is 1. The number of halogens is 1. The second kappa shape index (κ2) is 5.94. The van der Waals surface area contributed by atoms with Gasteiger partial charge in [-0.1, -0.05) is 28.1 Å². The molecule has 1 heterocycles. The van der Waals surface area contributed by atoms with Crippen LogP contribution < -0.4 is 0 Å². The third-order valence-corrected chi connectivity index (χ3v) is 3.14. The molecule has 1 N–H and O–H groups in total. The van der Waals surface area contributed by atoms with Crippen molar-refractivity contribution in [3.8, 4) is 11.1 Å². The molecule has 0 fully saturated rings. The molecule has 0 saturated carbocycles. The molecule has 2 rings (SSSR count). The maximum absolute atomic E-state index is 8.91. The number of benzene rings is 1. The first-order chi connectivity index (χ1) is 8.31. The van der Waals surface area contributed by atoms with Crippen molar-refractivity contribution in [1.82, 2.24) is 4.98 Å². The molecular formula is C14H14BrNO. The van der Waals surface area contributed by atoms with Crippen molar-refractivity contribution >= 4 is 15.9 Å². The summed E-state index contributed by atoms with van der Waals surface area (Å²) in [5.41, 5.74) is 3.55. The highest BCUT2D eigenvalue weighted by Crippen LogP contribution is 2.26. The fourth-order valence-corrected chi connectivity index (χ4v) is 2.23. The maximum atomic E-state index is 8.91. The van der Waals surface area contributed by atoms with E-state index in [0.29, 0.717) is 0 Å². The number of hydrogen-bond acceptors (Lipinski definition) is 2. The van der Waals surface area contributed by atoms with E-state index in [0.717, 1.165) is 17.3 Å². The average molecular weight is 292 g/mol. The molecule has 0 aliphatic heterocycles. The summed E-state index contributed by atoms with van der Waals surface area (Å²) in [6, 6.07) is 10.2. The van der Waals surface area contributed by atoms with Crippen molar-refractivity contribution in [2.24, 2.45) is 0 Å². The predicted molar refractivity (Wildman–Crippen MR) is 72.8 cm³/mol. The van der Waals surface area contributed by atoms with Gasteiger partial charge in [0.15, 0.2) is 0 Å². The van der Waals surface area contributed by atoms with Crippen molar-refractivity contribution in [2.75, 3.05) is 6.61 Å². The highest BCUT2D eigenvalue weighted by Gasteiger charge is 2.05. The van der Waals surface area contributed by atoms with Crippen LogP contribution in [0.2, 0.25) is 0 Å². The molecule has 1 aromatic carbocycles. The summed E-state index contributed by atoms with van der Waals surface area (Å²) in [4.78, 5) is 4.15. The molecule has 2 aromatic rings. The molecule has 0 saturated heterocycles. The Morgan fingerprint density at radius 3 is 2.88 bits per heavy atom. The first-order valence-corrected chi connectivity index (χ1v) is 6.40. The normalized spacial score (nSPS) is 10.5. The van der Waals surface area contributed by atoms with Gasteiger partial charge in [-0.25, -0.2) is 0 Å². The molecule has 88 valence electrons. The maximum Gasteiger partial charge on any atom is 0.0434 e. The smallest absolute Gasteiger partial charge is 0.0434 e. The van der Waals surface area contributed by atoms with Gasteiger partial charge in [0.05, 0.1) is 0 Å². The number of aliphatic hydroxyl groups is 1. The molecule has 0 aliphatic carbocycles. The number of nitrogens with zero attached hydrogens (tertiary/aromatic N) is 1. The molecule has 0 unspecified atom stereocenters. The molecule has 1 aromatic heterocycles. The lowest BCUT2D eigenvalue weighted by Crippen LogP contribution is -1.94. The van der Waals surface area contributed by atoms with Crippen LogP contribution in [0.3, 0.4) is 0 Å². The third kappa shape index (κ3) is 3.14. The Balaban J connectivity index is 2.37. The van der Waals surface area contributed by atoms with Crippen molar-refractivity contribution in [3.63, 3.8) is 0 Å². The summed E-state index contributed by atoms with van der Waals surface area (Å²) in [5.74, 6) is 0. The zero-order valence-electron chi connectivity index (χ0n) is 9.44. The van der Waals surface area contributed by atoms with E-state index in [1.807, 2.05) is 24.4 Å². The average Bonchev–Trinajstić information content (AvgIpc) is 2.37. The number of rotatable bonds is 4. The van der Waals surface area contributed by atoms with E-state index in [2.05, 4.69) is 33.0 Å². The fraction of sp³-hybridized carbons (Fsp3) is 0.214. The molecule has 3 heteroatoms. The summed E-state index contributed by atoms with van der Waals surface area (Å²) in [5, 5.41) is 8.91. The van der Waals surface area contributed by atoms with Crippen LogP contribution in [0.15, 0.2) is 47.2 Å². The predicted octanol–water partition coefficient (Wildman–Crippen LogP) is 3.44. The van der Waals surface area contributed by atoms with Gasteiger partial charge in [0, 0.05) is 23.5 Å². The van der Waals surface area contributed by atoms with E-state index in [1.165, 1.54) is 16.7 Å². The first-order valence-electron chi connectivity index (χ1n) is 5.61. The number of hydrogen-bond donors (Lipinski definition) is 1. The van der Waals surface area contributed by atoms with E-state index < -0.39 is 0 Å². The Bertz CT molecular complexity index is 499. The molecule has 2 nitrogen and oxygen atoms in total. The van der Waals surface area contributed by atoms with Crippen LogP contribution in [0.1, 0.15) is 12.0 Å². The SMILES string of the molecule is OCCCc1cnccc1-c1cccc(Br)c1. The van der Waals surface area contributed by atoms with Crippen molar-refractivity contribution in [3.05, 3.63) is 52.8 Å². The Labute approximate surface area is 109 Å². The van der Waals surface area contributed by atoms with Crippen LogP contribution >= 0.6 is 15.9 Å². The minimum absolute atomic E-state index is 0.215. The van der Waals surface area contributed by atoms with Gasteiger partial charge >= 0.3 is 0 Å². The lowest BCUT2D eigenvalue weighted by Gasteiger charge is -2.08. The second-order valence-corrected chi connectivity index (χ2v) is 4.79. The van der Waals surface area contributed by atoms with Crippen LogP contribution in [0, 0.1) is 0 Å². The van der Waals surface area contributed by atoms with E-state index >= 15 is 0 Å². The van der Waals surface area contributed by atoms with Crippen LogP contribution in [-0.2, 0) is 6.42 Å². The van der Waals surface area contributed by atoms with Crippen LogP contribution in [0.5, 0.6) is 0 Å². The molecular weight excluding hydrogens is 278 g/mol. The Kier molecular flexibility index (Phi) is 4.29. The topological polar surface area (TPSA) is 33.1 Å². The van der Waals surface area contributed by atoms with Crippen molar-refractivity contribution in [2.45, 2.75) is 12.8 Å². The largest absolute Gasteiger partial charge is 0.396 e. The molecule has 0 radical (unpaired) electrons. The zero-order valence-corrected chi connectivity index (χ0v) is 11.0. The highest BCUT2D eigenvalue weighted by molar-refractivity contribution is 9.10. The first kappa shape index (κ1) is 12.3. The zero-order chi connectivity index (χ0) is 12.1. The fourth-order valence-electron chi connectivity index (χ4n) is 1.83. The van der Waals surface area contributed by atoms with Gasteiger partial charge in [0.2, 0.25) is 0 Å². The summed E-state index contributed by atoms with van der Waals surface area (Å²) in [6.45, 7) is 0.215. The van der Waals surface area contributed by atoms with Gasteiger partial charge in [-0.3, -0.25) is 4.98 Å². The molecule has 0 aliphatic rings. The molecule has 0 spiro atoms. The second-order valence-electron chi connectivity index (χ2n) is 3.87. The Morgan fingerprint density at radius 1 is 1.24 bits per heavy atom. The van der Waals surface area contributed by atoms with Crippen LogP contribution in [0.4, 0.5) is 0 Å². The molecule has 0 amide bonds. The quantitative estimate of drug-likeness (QED) is 0.936. The van der Waals surface area contributed by atoms with Gasteiger partial charge in [-0.05, 0) is 47.7 Å². The minimum Gasteiger partial charge on any atom is -0.396 e. The molecule has 17 heavy (non-hydrogen) atoms. The summed E-state index contributed by atoms with van der Waals surface area (Å²) < 4.78 is 1.07. The van der Waals surface area contributed by atoms with E-state index in [1.54, 1.807) is 6.20 Å². The lowest BCUT2D eigenvalue weighted by molar-refractivity contribution is 0.288. The Hall–Kier alpha value is -1.19. The van der Waals surface area contributed by atoms with Crippen LogP contribution in [-0.4, -0.2) is 16.7 Å². The standard InChI is InChI=1S/C14H14BrNO/c15-13-5-1-3-11(9-13)14-6-7-16-10-12(14)4-2-8-17/h1,3,5-7,9-10,17H,2,4,8H2. The van der Waals surface area contributed by atoms with Gasteiger partial charge in [0.25, 0.3) is 0 Å². The van der Waals surface area contributed by atoms with Gasteiger partial charge < -0.3 is 5.11 Å². The minimum atomic E-state index is 0.215. The van der Waals surface area contributed by atoms with E-state index in [4.69, 9.17) is 5.11 Å². The lowest BCUT2D eigenvalue weighted by atomic mass is 9.99. The van der Waals surface area contributed by atoms with E-state index in [-0.39, 0.29) is 6.61 Å². The van der Waals surface area contributed by atoms with Gasteiger partial charge in [-0.2, -0.15) is 0 Å². The molecule has 0 bridgehead atoms. The van der Waals surface area contributed by atoms with Crippen molar-refractivity contribution in [1.29, 1.82) is 0 Å². The number of pyridine rings is 1. The van der Waals surface area contributed by atoms with Gasteiger partial charge in [0.1, 0.15) is 0 Å². The monoisotopic (exact) mass is 291 g/mol. The van der Waals surface area contributed by atoms with Crippen molar-refractivity contribution < 1.29 is 5.11 Å². The summed E-state index contributed by atoms with van der Waals surface area (Å²) in [6.07, 6.45) is 5.31.